The van der Waals surface area contributed by atoms with E-state index in [9.17, 15) is 0 Å². The van der Waals surface area contributed by atoms with Crippen LogP contribution in [-0.4, -0.2) is 22.0 Å². The first-order valence-electron chi connectivity index (χ1n) is 6.19. The van der Waals surface area contributed by atoms with Crippen molar-refractivity contribution >= 4 is 55.9 Å². The summed E-state index contributed by atoms with van der Waals surface area (Å²) in [7, 11) is 1.77. The number of nitrogens with zero attached hydrogens (tertiary/aromatic N) is 3. The quantitative estimate of drug-likeness (QED) is 0.728. The minimum atomic E-state index is 0.534. The summed E-state index contributed by atoms with van der Waals surface area (Å²) in [4.78, 5) is 12.9. The molecule has 5 nitrogen and oxygen atoms in total. The zero-order valence-corrected chi connectivity index (χ0v) is 13.4. The van der Waals surface area contributed by atoms with Gasteiger partial charge in [0.25, 0.3) is 0 Å². The Balaban J connectivity index is 2.08. The smallest absolute Gasteiger partial charge is 0.224 e. The van der Waals surface area contributed by atoms with E-state index in [2.05, 4.69) is 41.5 Å². The number of hydrogen-bond donors (Lipinski definition) is 2. The van der Waals surface area contributed by atoms with Crippen LogP contribution in [0.5, 0.6) is 0 Å². The molecule has 21 heavy (non-hydrogen) atoms. The second-order valence-corrected chi connectivity index (χ2v) is 5.52. The summed E-state index contributed by atoms with van der Waals surface area (Å²) in [5.74, 6) is 1.19. The number of anilines is 3. The van der Waals surface area contributed by atoms with E-state index in [1.165, 1.54) is 0 Å². The molecule has 0 saturated carbocycles. The second kappa shape index (κ2) is 5.83. The molecule has 2 heterocycles. The van der Waals surface area contributed by atoms with Crippen molar-refractivity contribution in [3.8, 4) is 0 Å². The fourth-order valence-electron chi connectivity index (χ4n) is 1.94. The Bertz CT molecular complexity index is 808. The molecule has 0 aliphatic rings. The Morgan fingerprint density at radius 2 is 2.05 bits per heavy atom. The highest BCUT2D eigenvalue weighted by Crippen LogP contribution is 2.31. The third-order valence-corrected chi connectivity index (χ3v) is 3.85. The Kier molecular flexibility index (Phi) is 3.90. The van der Waals surface area contributed by atoms with Gasteiger partial charge in [-0.25, -0.2) is 4.98 Å². The first-order valence-corrected chi connectivity index (χ1v) is 7.36. The zero-order chi connectivity index (χ0) is 14.8. The van der Waals surface area contributed by atoms with Crippen molar-refractivity contribution in [2.75, 3.05) is 17.7 Å². The number of pyridine rings is 1. The van der Waals surface area contributed by atoms with E-state index in [4.69, 9.17) is 11.6 Å². The molecule has 0 radical (unpaired) electrons. The third kappa shape index (κ3) is 2.77. The average molecular weight is 365 g/mol. The van der Waals surface area contributed by atoms with Crippen molar-refractivity contribution in [3.05, 3.63) is 46.2 Å². The molecule has 7 heteroatoms. The number of aromatic nitrogens is 3. The molecule has 0 saturated heterocycles. The molecule has 2 N–H and O–H groups in total. The molecule has 0 spiro atoms. The fraction of sp³-hybridized carbons (Fsp3) is 0.0714. The number of halogens is 2. The van der Waals surface area contributed by atoms with Gasteiger partial charge in [0.05, 0.1) is 20.7 Å². The standard InChI is InChI=1S/C14H11BrClN5/c1-17-14-19-7-9(15)13(21-14)20-11-5-4-10(16)8-3-2-6-18-12(8)11/h2-7H,1H3,(H2,17,19,20,21). The van der Waals surface area contributed by atoms with Crippen LogP contribution in [0.2, 0.25) is 5.02 Å². The van der Waals surface area contributed by atoms with Gasteiger partial charge >= 0.3 is 0 Å². The largest absolute Gasteiger partial charge is 0.357 e. The zero-order valence-electron chi connectivity index (χ0n) is 11.1. The number of fused-ring (bicyclic) bond motifs is 1. The van der Waals surface area contributed by atoms with Gasteiger partial charge in [0.2, 0.25) is 5.95 Å². The molecule has 0 aliphatic heterocycles. The predicted molar refractivity (Wildman–Crippen MR) is 89.3 cm³/mol. The number of hydrogen-bond acceptors (Lipinski definition) is 5. The summed E-state index contributed by atoms with van der Waals surface area (Å²) in [6, 6.07) is 7.51. The van der Waals surface area contributed by atoms with Crippen molar-refractivity contribution < 1.29 is 0 Å². The molecule has 0 unspecified atom stereocenters. The highest BCUT2D eigenvalue weighted by Gasteiger charge is 2.09. The van der Waals surface area contributed by atoms with Crippen LogP contribution in [0, 0.1) is 0 Å². The van der Waals surface area contributed by atoms with E-state index in [0.29, 0.717) is 16.8 Å². The molecular formula is C14H11BrClN5. The lowest BCUT2D eigenvalue weighted by Crippen LogP contribution is -2.01. The lowest BCUT2D eigenvalue weighted by atomic mass is 10.2. The van der Waals surface area contributed by atoms with Crippen LogP contribution in [0.25, 0.3) is 10.9 Å². The molecule has 0 amide bonds. The molecule has 0 aliphatic carbocycles. The minimum absolute atomic E-state index is 0.534. The lowest BCUT2D eigenvalue weighted by Gasteiger charge is -2.11. The Hall–Kier alpha value is -1.92. The van der Waals surface area contributed by atoms with Gasteiger partial charge in [0.15, 0.2) is 0 Å². The maximum atomic E-state index is 6.20. The van der Waals surface area contributed by atoms with E-state index in [1.807, 2.05) is 24.3 Å². The van der Waals surface area contributed by atoms with E-state index in [-0.39, 0.29) is 0 Å². The van der Waals surface area contributed by atoms with Crippen LogP contribution in [0.15, 0.2) is 41.1 Å². The molecule has 0 atom stereocenters. The van der Waals surface area contributed by atoms with Gasteiger partial charge in [-0.3, -0.25) is 4.98 Å². The third-order valence-electron chi connectivity index (χ3n) is 2.94. The van der Waals surface area contributed by atoms with Crippen molar-refractivity contribution in [1.82, 2.24) is 15.0 Å². The first-order chi connectivity index (χ1) is 10.2. The molecule has 0 fully saturated rings. The summed E-state index contributed by atoms with van der Waals surface area (Å²) >= 11 is 9.63. The van der Waals surface area contributed by atoms with Crippen LogP contribution >= 0.6 is 27.5 Å². The van der Waals surface area contributed by atoms with Gasteiger partial charge in [-0.05, 0) is 40.2 Å². The molecule has 1 aromatic carbocycles. The molecule has 106 valence electrons. The van der Waals surface area contributed by atoms with Gasteiger partial charge in [-0.1, -0.05) is 11.6 Å². The van der Waals surface area contributed by atoms with Gasteiger partial charge in [0, 0.05) is 24.8 Å². The summed E-state index contributed by atoms with van der Waals surface area (Å²) in [6.45, 7) is 0. The summed E-state index contributed by atoms with van der Waals surface area (Å²) in [6.07, 6.45) is 3.42. The van der Waals surface area contributed by atoms with Crippen LogP contribution in [0.4, 0.5) is 17.5 Å². The number of nitrogens with one attached hydrogen (secondary N) is 2. The van der Waals surface area contributed by atoms with Crippen LogP contribution < -0.4 is 10.6 Å². The van der Waals surface area contributed by atoms with Gasteiger partial charge in [-0.15, -0.1) is 0 Å². The fourth-order valence-corrected chi connectivity index (χ4v) is 2.45. The van der Waals surface area contributed by atoms with E-state index in [1.54, 1.807) is 19.4 Å². The van der Waals surface area contributed by atoms with Gasteiger partial charge in [0.1, 0.15) is 5.82 Å². The topological polar surface area (TPSA) is 62.7 Å². The minimum Gasteiger partial charge on any atom is -0.357 e. The molecule has 2 aromatic heterocycles. The molecule has 3 aromatic rings. The molecule has 0 bridgehead atoms. The second-order valence-electron chi connectivity index (χ2n) is 4.26. The maximum Gasteiger partial charge on any atom is 0.224 e. The van der Waals surface area contributed by atoms with Crippen LogP contribution in [0.1, 0.15) is 0 Å². The van der Waals surface area contributed by atoms with Gasteiger partial charge < -0.3 is 10.6 Å². The Morgan fingerprint density at radius 1 is 1.19 bits per heavy atom. The number of benzene rings is 1. The highest BCUT2D eigenvalue weighted by atomic mass is 79.9. The van der Waals surface area contributed by atoms with E-state index in [0.717, 1.165) is 21.1 Å². The molecule has 3 rings (SSSR count). The summed E-state index contributed by atoms with van der Waals surface area (Å²) < 4.78 is 0.764. The maximum absolute atomic E-state index is 6.20. The Labute approximate surface area is 134 Å². The predicted octanol–water partition coefficient (Wildman–Crippen LogP) is 4.23. The SMILES string of the molecule is CNc1ncc(Br)c(Nc2ccc(Cl)c3cccnc23)n1. The van der Waals surface area contributed by atoms with Crippen molar-refractivity contribution in [3.63, 3.8) is 0 Å². The average Bonchev–Trinajstić information content (AvgIpc) is 2.52. The normalized spacial score (nSPS) is 10.6. The van der Waals surface area contributed by atoms with Crippen molar-refractivity contribution in [2.24, 2.45) is 0 Å². The van der Waals surface area contributed by atoms with Gasteiger partial charge in [-0.2, -0.15) is 4.98 Å². The highest BCUT2D eigenvalue weighted by molar-refractivity contribution is 9.10. The lowest BCUT2D eigenvalue weighted by molar-refractivity contribution is 1.14. The Morgan fingerprint density at radius 3 is 2.86 bits per heavy atom. The number of rotatable bonds is 3. The summed E-state index contributed by atoms with van der Waals surface area (Å²) in [5, 5.41) is 7.72. The monoisotopic (exact) mass is 363 g/mol. The first kappa shape index (κ1) is 14.0. The summed E-state index contributed by atoms with van der Waals surface area (Å²) in [5.41, 5.74) is 1.62. The van der Waals surface area contributed by atoms with Crippen LogP contribution in [-0.2, 0) is 0 Å². The van der Waals surface area contributed by atoms with E-state index >= 15 is 0 Å². The molecular weight excluding hydrogens is 354 g/mol. The van der Waals surface area contributed by atoms with Crippen LogP contribution in [0.3, 0.4) is 0 Å². The van der Waals surface area contributed by atoms with Crippen molar-refractivity contribution in [2.45, 2.75) is 0 Å². The van der Waals surface area contributed by atoms with E-state index < -0.39 is 0 Å². The van der Waals surface area contributed by atoms with Crippen molar-refractivity contribution in [1.29, 1.82) is 0 Å².